The number of hydrogen-bond donors (Lipinski definition) is 2. The van der Waals surface area contributed by atoms with E-state index in [-0.39, 0.29) is 11.8 Å². The summed E-state index contributed by atoms with van der Waals surface area (Å²) in [7, 11) is 0. The van der Waals surface area contributed by atoms with Crippen LogP contribution in [0.4, 0.5) is 11.4 Å². The van der Waals surface area contributed by atoms with Crippen LogP contribution in [0.15, 0.2) is 84.9 Å². The summed E-state index contributed by atoms with van der Waals surface area (Å²) in [5.74, 6) is -0.249. The Hall–Kier alpha value is -4.18. The fourth-order valence-corrected chi connectivity index (χ4v) is 3.77. The lowest BCUT2D eigenvalue weighted by Crippen LogP contribution is -2.13. The number of amides is 2. The second-order valence-electron chi connectivity index (χ2n) is 8.70. The van der Waals surface area contributed by atoms with Gasteiger partial charge in [0.05, 0.1) is 0 Å². The van der Waals surface area contributed by atoms with Gasteiger partial charge in [-0.25, -0.2) is 0 Å². The van der Waals surface area contributed by atoms with Crippen molar-refractivity contribution in [2.24, 2.45) is 0 Å². The van der Waals surface area contributed by atoms with Gasteiger partial charge in [-0.3, -0.25) is 9.59 Å². The van der Waals surface area contributed by atoms with E-state index in [0.29, 0.717) is 11.1 Å². The highest BCUT2D eigenvalue weighted by Gasteiger charge is 2.11. The van der Waals surface area contributed by atoms with Crippen molar-refractivity contribution in [2.75, 3.05) is 10.6 Å². The molecule has 2 N–H and O–H groups in total. The Bertz CT molecular complexity index is 1250. The number of hydrogen-bond acceptors (Lipinski definition) is 2. The molecule has 0 aliphatic carbocycles. The molecule has 0 bridgehead atoms. The summed E-state index contributed by atoms with van der Waals surface area (Å²) in [6.07, 6.45) is 0. The molecule has 0 saturated carbocycles. The lowest BCUT2D eigenvalue weighted by molar-refractivity contribution is 0.101. The van der Waals surface area contributed by atoms with Crippen molar-refractivity contribution in [3.05, 3.63) is 118 Å². The summed E-state index contributed by atoms with van der Waals surface area (Å²) in [5, 5.41) is 6.00. The fraction of sp³-hybridized carbons (Fsp3) is 0.133. The second-order valence-corrected chi connectivity index (χ2v) is 8.70. The third-order valence-electron chi connectivity index (χ3n) is 5.91. The molecule has 4 aromatic rings. The van der Waals surface area contributed by atoms with E-state index in [1.54, 1.807) is 0 Å². The van der Waals surface area contributed by atoms with Crippen LogP contribution in [0.3, 0.4) is 0 Å². The van der Waals surface area contributed by atoms with Gasteiger partial charge in [0, 0.05) is 22.5 Å². The fourth-order valence-electron chi connectivity index (χ4n) is 3.77. The molecule has 4 heteroatoms. The van der Waals surface area contributed by atoms with Crippen LogP contribution in [0.5, 0.6) is 0 Å². The van der Waals surface area contributed by atoms with Crippen LogP contribution in [-0.4, -0.2) is 11.8 Å². The topological polar surface area (TPSA) is 58.2 Å². The zero-order valence-corrected chi connectivity index (χ0v) is 19.9. The van der Waals surface area contributed by atoms with E-state index >= 15 is 0 Å². The Balaban J connectivity index is 1.48. The smallest absolute Gasteiger partial charge is 0.255 e. The summed E-state index contributed by atoms with van der Waals surface area (Å²) in [6, 6.07) is 27.0. The molecule has 0 unspecified atom stereocenters. The highest BCUT2D eigenvalue weighted by Crippen LogP contribution is 2.28. The third-order valence-corrected chi connectivity index (χ3v) is 5.91. The number of aryl methyl sites for hydroxylation is 4. The summed E-state index contributed by atoms with van der Waals surface area (Å²) in [5.41, 5.74) is 9.12. The first-order chi connectivity index (χ1) is 16.3. The van der Waals surface area contributed by atoms with Gasteiger partial charge in [0.1, 0.15) is 0 Å². The summed E-state index contributed by atoms with van der Waals surface area (Å²) < 4.78 is 0. The summed E-state index contributed by atoms with van der Waals surface area (Å²) in [6.45, 7) is 7.96. The molecule has 4 aromatic carbocycles. The number of carbonyl (C=O) groups is 2. The maximum Gasteiger partial charge on any atom is 0.255 e. The molecule has 0 aliphatic rings. The van der Waals surface area contributed by atoms with Gasteiger partial charge in [-0.15, -0.1) is 0 Å². The van der Waals surface area contributed by atoms with Crippen molar-refractivity contribution in [1.82, 2.24) is 0 Å². The highest BCUT2D eigenvalue weighted by atomic mass is 16.2. The lowest BCUT2D eigenvalue weighted by atomic mass is 9.99. The van der Waals surface area contributed by atoms with Gasteiger partial charge in [-0.05, 0) is 98.5 Å². The third kappa shape index (κ3) is 5.24. The van der Waals surface area contributed by atoms with E-state index < -0.39 is 0 Å². The van der Waals surface area contributed by atoms with Crippen LogP contribution >= 0.6 is 0 Å². The average molecular weight is 449 g/mol. The van der Waals surface area contributed by atoms with Gasteiger partial charge in [0.25, 0.3) is 11.8 Å². The van der Waals surface area contributed by atoms with Crippen LogP contribution in [0, 0.1) is 27.7 Å². The van der Waals surface area contributed by atoms with Crippen LogP contribution in [-0.2, 0) is 0 Å². The molecule has 0 aliphatic heterocycles. The molecule has 34 heavy (non-hydrogen) atoms. The minimum Gasteiger partial charge on any atom is -0.322 e. The standard InChI is InChI=1S/C30H28N2O2/c1-19-5-9-23(10-6-19)29(33)31-27-15-13-25(17-21(27)3)26-14-16-28(22(4)18-26)32-30(34)24-11-7-20(2)8-12-24/h5-18H,1-4H3,(H,31,33)(H,32,34). The number of rotatable bonds is 5. The zero-order chi connectivity index (χ0) is 24.2. The Morgan fingerprint density at radius 3 is 1.18 bits per heavy atom. The van der Waals surface area contributed by atoms with Crippen molar-refractivity contribution in [3.8, 4) is 11.1 Å². The number of carbonyl (C=O) groups excluding carboxylic acids is 2. The predicted octanol–water partition coefficient (Wildman–Crippen LogP) is 7.09. The van der Waals surface area contributed by atoms with Gasteiger partial charge >= 0.3 is 0 Å². The molecular weight excluding hydrogens is 420 g/mol. The van der Waals surface area contributed by atoms with Gasteiger partial charge in [-0.1, -0.05) is 47.5 Å². The minimum atomic E-state index is -0.125. The lowest BCUT2D eigenvalue weighted by Gasteiger charge is -2.13. The van der Waals surface area contributed by atoms with Gasteiger partial charge < -0.3 is 10.6 Å². The van der Waals surface area contributed by atoms with E-state index in [1.807, 2.05) is 100 Å². The Labute approximate surface area is 200 Å². The van der Waals surface area contributed by atoms with E-state index in [2.05, 4.69) is 22.8 Å². The van der Waals surface area contributed by atoms with Crippen LogP contribution in [0.25, 0.3) is 11.1 Å². The maximum atomic E-state index is 12.6. The van der Waals surface area contributed by atoms with Gasteiger partial charge in [0.2, 0.25) is 0 Å². The van der Waals surface area contributed by atoms with Crippen molar-refractivity contribution >= 4 is 23.2 Å². The normalized spacial score (nSPS) is 10.6. The monoisotopic (exact) mass is 448 g/mol. The average Bonchev–Trinajstić information content (AvgIpc) is 2.82. The maximum absolute atomic E-state index is 12.6. The predicted molar refractivity (Wildman–Crippen MR) is 140 cm³/mol. The molecule has 170 valence electrons. The van der Waals surface area contributed by atoms with E-state index in [9.17, 15) is 9.59 Å². The van der Waals surface area contributed by atoms with Gasteiger partial charge in [-0.2, -0.15) is 0 Å². The second kappa shape index (κ2) is 9.75. The molecule has 0 radical (unpaired) electrons. The van der Waals surface area contributed by atoms with Crippen molar-refractivity contribution < 1.29 is 9.59 Å². The molecular formula is C30H28N2O2. The molecule has 4 rings (SSSR count). The van der Waals surface area contributed by atoms with Crippen LogP contribution in [0.2, 0.25) is 0 Å². The quantitative estimate of drug-likeness (QED) is 0.342. The van der Waals surface area contributed by atoms with Crippen LogP contribution in [0.1, 0.15) is 43.0 Å². The Morgan fingerprint density at radius 2 is 0.853 bits per heavy atom. The largest absolute Gasteiger partial charge is 0.322 e. The molecule has 4 nitrogen and oxygen atoms in total. The highest BCUT2D eigenvalue weighted by molar-refractivity contribution is 6.05. The van der Waals surface area contributed by atoms with Gasteiger partial charge in [0.15, 0.2) is 0 Å². The Kier molecular flexibility index (Phi) is 6.60. The number of benzene rings is 4. The molecule has 0 heterocycles. The van der Waals surface area contributed by atoms with E-state index in [4.69, 9.17) is 0 Å². The van der Waals surface area contributed by atoms with Crippen molar-refractivity contribution in [3.63, 3.8) is 0 Å². The first kappa shape index (κ1) is 23.0. The minimum absolute atomic E-state index is 0.125. The summed E-state index contributed by atoms with van der Waals surface area (Å²) in [4.78, 5) is 25.2. The first-order valence-corrected chi connectivity index (χ1v) is 11.3. The zero-order valence-electron chi connectivity index (χ0n) is 19.9. The van der Waals surface area contributed by atoms with Crippen LogP contribution < -0.4 is 10.6 Å². The molecule has 0 saturated heterocycles. The molecule has 0 spiro atoms. The molecule has 2 amide bonds. The SMILES string of the molecule is Cc1ccc(C(=O)Nc2ccc(-c3ccc(NC(=O)c4ccc(C)cc4)c(C)c3)cc2C)cc1. The number of anilines is 2. The van der Waals surface area contributed by atoms with E-state index in [0.717, 1.165) is 44.8 Å². The molecule has 0 fully saturated rings. The summed E-state index contributed by atoms with van der Waals surface area (Å²) >= 11 is 0. The Morgan fingerprint density at radius 1 is 0.500 bits per heavy atom. The van der Waals surface area contributed by atoms with Crippen molar-refractivity contribution in [1.29, 1.82) is 0 Å². The first-order valence-electron chi connectivity index (χ1n) is 11.3. The molecule has 0 aromatic heterocycles. The molecule has 0 atom stereocenters. The van der Waals surface area contributed by atoms with Crippen molar-refractivity contribution in [2.45, 2.75) is 27.7 Å². The van der Waals surface area contributed by atoms with E-state index in [1.165, 1.54) is 0 Å². The number of nitrogens with one attached hydrogen (secondary N) is 2.